The van der Waals surface area contributed by atoms with Crippen molar-refractivity contribution in [1.29, 1.82) is 0 Å². The lowest BCUT2D eigenvalue weighted by molar-refractivity contribution is 0.489. The molecule has 20 heavy (non-hydrogen) atoms. The van der Waals surface area contributed by atoms with Crippen molar-refractivity contribution in [3.05, 3.63) is 29.6 Å². The summed E-state index contributed by atoms with van der Waals surface area (Å²) in [6, 6.07) is 6.70. The zero-order valence-electron chi connectivity index (χ0n) is 12.5. The predicted molar refractivity (Wildman–Crippen MR) is 81.5 cm³/mol. The third-order valence-corrected chi connectivity index (χ3v) is 4.62. The van der Waals surface area contributed by atoms with E-state index in [2.05, 4.69) is 30.1 Å². The van der Waals surface area contributed by atoms with Gasteiger partial charge in [0.05, 0.1) is 0 Å². The average molecular weight is 276 g/mol. The molecule has 1 aromatic rings. The van der Waals surface area contributed by atoms with Gasteiger partial charge in [0, 0.05) is 36.4 Å². The maximum atomic E-state index is 14.2. The van der Waals surface area contributed by atoms with Gasteiger partial charge in [-0.2, -0.15) is 0 Å². The highest BCUT2D eigenvalue weighted by atomic mass is 19.1. The third kappa shape index (κ3) is 2.83. The highest BCUT2D eigenvalue weighted by Gasteiger charge is 2.29. The second kappa shape index (κ2) is 5.72. The minimum Gasteiger partial charge on any atom is -0.368 e. The minimum atomic E-state index is -0.0648. The van der Waals surface area contributed by atoms with Crippen LogP contribution in [0.15, 0.2) is 18.2 Å². The molecule has 1 unspecified atom stereocenters. The van der Waals surface area contributed by atoms with Crippen LogP contribution in [0.1, 0.15) is 45.1 Å². The van der Waals surface area contributed by atoms with E-state index in [4.69, 9.17) is 0 Å². The Morgan fingerprint density at radius 1 is 1.30 bits per heavy atom. The quantitative estimate of drug-likeness (QED) is 0.882. The molecule has 0 spiro atoms. The Kier molecular flexibility index (Phi) is 3.97. The van der Waals surface area contributed by atoms with Crippen molar-refractivity contribution in [2.45, 2.75) is 58.2 Å². The molecule has 2 nitrogen and oxygen atoms in total. The zero-order valence-corrected chi connectivity index (χ0v) is 12.5. The SMILES string of the molecule is CC(C)C1CCCN1c1cccc(F)c1CNC1CC1. The van der Waals surface area contributed by atoms with Crippen molar-refractivity contribution >= 4 is 5.69 Å². The van der Waals surface area contributed by atoms with Crippen LogP contribution in [0.2, 0.25) is 0 Å². The molecule has 1 aromatic carbocycles. The Morgan fingerprint density at radius 2 is 2.10 bits per heavy atom. The van der Waals surface area contributed by atoms with Crippen molar-refractivity contribution in [2.75, 3.05) is 11.4 Å². The molecule has 3 rings (SSSR count). The van der Waals surface area contributed by atoms with E-state index < -0.39 is 0 Å². The molecule has 0 aromatic heterocycles. The van der Waals surface area contributed by atoms with Crippen LogP contribution in [0.5, 0.6) is 0 Å². The van der Waals surface area contributed by atoms with Gasteiger partial charge in [-0.3, -0.25) is 0 Å². The fourth-order valence-corrected chi connectivity index (χ4v) is 3.31. The Labute approximate surface area is 121 Å². The number of nitrogens with one attached hydrogen (secondary N) is 1. The average Bonchev–Trinajstić information content (AvgIpc) is 3.11. The number of hydrogen-bond acceptors (Lipinski definition) is 2. The van der Waals surface area contributed by atoms with Gasteiger partial charge in [0.15, 0.2) is 0 Å². The number of nitrogens with zero attached hydrogens (tertiary/aromatic N) is 1. The first-order valence-electron chi connectivity index (χ1n) is 7.94. The molecular weight excluding hydrogens is 251 g/mol. The largest absolute Gasteiger partial charge is 0.368 e. The van der Waals surface area contributed by atoms with E-state index in [0.717, 1.165) is 17.8 Å². The van der Waals surface area contributed by atoms with Gasteiger partial charge in [-0.25, -0.2) is 4.39 Å². The monoisotopic (exact) mass is 276 g/mol. The lowest BCUT2D eigenvalue weighted by Gasteiger charge is -2.31. The van der Waals surface area contributed by atoms with Crippen molar-refractivity contribution in [3.63, 3.8) is 0 Å². The molecule has 0 bridgehead atoms. The van der Waals surface area contributed by atoms with Gasteiger partial charge in [0.1, 0.15) is 5.82 Å². The summed E-state index contributed by atoms with van der Waals surface area (Å²) in [5.41, 5.74) is 1.96. The van der Waals surface area contributed by atoms with Crippen molar-refractivity contribution in [2.24, 2.45) is 5.92 Å². The first-order chi connectivity index (χ1) is 9.66. The number of anilines is 1. The maximum Gasteiger partial charge on any atom is 0.129 e. The molecule has 2 aliphatic rings. The molecule has 0 radical (unpaired) electrons. The second-order valence-corrected chi connectivity index (χ2v) is 6.54. The highest BCUT2D eigenvalue weighted by Crippen LogP contribution is 2.33. The van der Waals surface area contributed by atoms with Crippen LogP contribution in [0.3, 0.4) is 0 Å². The van der Waals surface area contributed by atoms with E-state index in [1.807, 2.05) is 6.07 Å². The van der Waals surface area contributed by atoms with Gasteiger partial charge in [-0.05, 0) is 43.7 Å². The summed E-state index contributed by atoms with van der Waals surface area (Å²) in [7, 11) is 0. The summed E-state index contributed by atoms with van der Waals surface area (Å²) in [6.45, 7) is 6.26. The highest BCUT2D eigenvalue weighted by molar-refractivity contribution is 5.56. The number of benzene rings is 1. The van der Waals surface area contributed by atoms with Gasteiger partial charge >= 0.3 is 0 Å². The van der Waals surface area contributed by atoms with E-state index in [1.165, 1.54) is 25.7 Å². The molecule has 1 saturated heterocycles. The molecule has 1 saturated carbocycles. The topological polar surface area (TPSA) is 15.3 Å². The van der Waals surface area contributed by atoms with E-state index in [9.17, 15) is 4.39 Å². The van der Waals surface area contributed by atoms with Crippen LogP contribution >= 0.6 is 0 Å². The molecule has 1 aliphatic carbocycles. The Hall–Kier alpha value is -1.09. The number of hydrogen-bond donors (Lipinski definition) is 1. The van der Waals surface area contributed by atoms with Gasteiger partial charge < -0.3 is 10.2 Å². The molecule has 1 heterocycles. The zero-order chi connectivity index (χ0) is 14.1. The Morgan fingerprint density at radius 3 is 2.80 bits per heavy atom. The number of halogens is 1. The molecule has 110 valence electrons. The smallest absolute Gasteiger partial charge is 0.129 e. The van der Waals surface area contributed by atoms with E-state index >= 15 is 0 Å². The van der Waals surface area contributed by atoms with E-state index in [0.29, 0.717) is 24.5 Å². The first kappa shape index (κ1) is 13.9. The first-order valence-corrected chi connectivity index (χ1v) is 7.94. The summed E-state index contributed by atoms with van der Waals surface area (Å²) in [5.74, 6) is 0.551. The van der Waals surface area contributed by atoms with Gasteiger partial charge in [-0.1, -0.05) is 19.9 Å². The van der Waals surface area contributed by atoms with Crippen LogP contribution in [-0.2, 0) is 6.54 Å². The van der Waals surface area contributed by atoms with Crippen LogP contribution in [0, 0.1) is 11.7 Å². The lowest BCUT2D eigenvalue weighted by atomic mass is 10.0. The van der Waals surface area contributed by atoms with Crippen LogP contribution in [0.25, 0.3) is 0 Å². The predicted octanol–water partition coefficient (Wildman–Crippen LogP) is 3.70. The molecule has 1 N–H and O–H groups in total. The Bertz CT molecular complexity index is 468. The summed E-state index contributed by atoms with van der Waals surface area (Å²) in [4.78, 5) is 2.43. The summed E-state index contributed by atoms with van der Waals surface area (Å²) in [6.07, 6.45) is 4.92. The minimum absolute atomic E-state index is 0.0648. The summed E-state index contributed by atoms with van der Waals surface area (Å²) >= 11 is 0. The van der Waals surface area contributed by atoms with Gasteiger partial charge in [-0.15, -0.1) is 0 Å². The lowest BCUT2D eigenvalue weighted by Crippen LogP contribution is -2.34. The molecule has 3 heteroatoms. The fourth-order valence-electron chi connectivity index (χ4n) is 3.31. The normalized spacial score (nSPS) is 22.8. The van der Waals surface area contributed by atoms with Gasteiger partial charge in [0.2, 0.25) is 0 Å². The van der Waals surface area contributed by atoms with Crippen LogP contribution in [0.4, 0.5) is 10.1 Å². The van der Waals surface area contributed by atoms with E-state index in [-0.39, 0.29) is 5.82 Å². The second-order valence-electron chi connectivity index (χ2n) is 6.54. The van der Waals surface area contributed by atoms with Gasteiger partial charge in [0.25, 0.3) is 0 Å². The van der Waals surface area contributed by atoms with Crippen molar-refractivity contribution in [1.82, 2.24) is 5.32 Å². The molecule has 1 atom stereocenters. The van der Waals surface area contributed by atoms with Crippen LogP contribution < -0.4 is 10.2 Å². The molecule has 1 aliphatic heterocycles. The number of rotatable bonds is 5. The summed E-state index contributed by atoms with van der Waals surface area (Å²) < 4.78 is 14.2. The third-order valence-electron chi connectivity index (χ3n) is 4.62. The molecule has 2 fully saturated rings. The van der Waals surface area contributed by atoms with Crippen molar-refractivity contribution < 1.29 is 4.39 Å². The standard InChI is InChI=1S/C17H25FN2/c1-12(2)16-7-4-10-20(16)17-6-3-5-15(18)14(17)11-19-13-8-9-13/h3,5-6,12-13,16,19H,4,7-11H2,1-2H3. The molecule has 0 amide bonds. The summed E-state index contributed by atoms with van der Waals surface area (Å²) in [5, 5.41) is 3.45. The molecular formula is C17H25FN2. The van der Waals surface area contributed by atoms with E-state index in [1.54, 1.807) is 6.07 Å². The Balaban J connectivity index is 1.85. The van der Waals surface area contributed by atoms with Crippen LogP contribution in [-0.4, -0.2) is 18.6 Å². The fraction of sp³-hybridized carbons (Fsp3) is 0.647. The van der Waals surface area contributed by atoms with Crippen molar-refractivity contribution in [3.8, 4) is 0 Å². The maximum absolute atomic E-state index is 14.2.